The van der Waals surface area contributed by atoms with Gasteiger partial charge in [-0.1, -0.05) is 48.0 Å². The van der Waals surface area contributed by atoms with Gasteiger partial charge in [0.15, 0.2) is 8.38 Å². The monoisotopic (exact) mass is 334 g/mol. The summed E-state index contributed by atoms with van der Waals surface area (Å²) in [6, 6.07) is 16.8. The van der Waals surface area contributed by atoms with Crippen LogP contribution < -0.4 is 0 Å². The van der Waals surface area contributed by atoms with Crippen LogP contribution in [0.5, 0.6) is 0 Å². The Balaban J connectivity index is 2.48. The highest BCUT2D eigenvalue weighted by molar-refractivity contribution is 7.80. The quantitative estimate of drug-likeness (QED) is 0.513. The fraction of sp³-hybridized carbons (Fsp3) is 0.333. The van der Waals surface area contributed by atoms with E-state index in [4.69, 9.17) is 9.05 Å². The molecule has 2 rings (SSSR count). The molecule has 0 aliphatic carbocycles. The van der Waals surface area contributed by atoms with Crippen LogP contribution in [0.1, 0.15) is 36.2 Å². The molecule has 4 heteroatoms. The fourth-order valence-corrected chi connectivity index (χ4v) is 4.46. The van der Waals surface area contributed by atoms with Crippen molar-refractivity contribution in [3.63, 3.8) is 0 Å². The molecule has 118 valence electrons. The standard InChI is InChI=1S/C18H23O2PS/c1-4-19-21(20-5-2)18(15-12-10-14(3)11-13-15)16-8-6-7-9-17(16)22/h6-13,18,22H,4-5H2,1-3H3. The average molecular weight is 334 g/mol. The van der Waals surface area contributed by atoms with Crippen LogP contribution in [0.3, 0.4) is 0 Å². The van der Waals surface area contributed by atoms with E-state index >= 15 is 0 Å². The van der Waals surface area contributed by atoms with Crippen LogP contribution in [0.4, 0.5) is 0 Å². The maximum atomic E-state index is 5.95. The van der Waals surface area contributed by atoms with Crippen molar-refractivity contribution in [3.8, 4) is 0 Å². The first-order valence-electron chi connectivity index (χ1n) is 7.56. The summed E-state index contributed by atoms with van der Waals surface area (Å²) in [6.45, 7) is 7.39. The summed E-state index contributed by atoms with van der Waals surface area (Å²) in [4.78, 5) is 0.972. The van der Waals surface area contributed by atoms with E-state index in [9.17, 15) is 0 Å². The molecule has 0 saturated heterocycles. The summed E-state index contributed by atoms with van der Waals surface area (Å²) in [5, 5.41) is 0. The van der Waals surface area contributed by atoms with Gasteiger partial charge in [0, 0.05) is 4.90 Å². The second-order valence-electron chi connectivity index (χ2n) is 4.99. The zero-order valence-corrected chi connectivity index (χ0v) is 15.1. The fourth-order valence-electron chi connectivity index (χ4n) is 2.32. The highest BCUT2D eigenvalue weighted by atomic mass is 32.1. The van der Waals surface area contributed by atoms with Crippen LogP contribution in [0.25, 0.3) is 0 Å². The van der Waals surface area contributed by atoms with Crippen LogP contribution in [0.15, 0.2) is 53.4 Å². The van der Waals surface area contributed by atoms with Gasteiger partial charge in [0.05, 0.1) is 18.9 Å². The Bertz CT molecular complexity index is 580. The first kappa shape index (κ1) is 17.5. The predicted molar refractivity (Wildman–Crippen MR) is 96.9 cm³/mol. The molecule has 0 radical (unpaired) electrons. The van der Waals surface area contributed by atoms with Gasteiger partial charge in [0.25, 0.3) is 0 Å². The molecule has 0 N–H and O–H groups in total. The van der Waals surface area contributed by atoms with Gasteiger partial charge < -0.3 is 9.05 Å². The lowest BCUT2D eigenvalue weighted by Gasteiger charge is -2.27. The van der Waals surface area contributed by atoms with Gasteiger partial charge >= 0.3 is 0 Å². The number of aryl methyl sites for hydroxylation is 1. The molecule has 0 saturated carbocycles. The van der Waals surface area contributed by atoms with E-state index in [1.54, 1.807) is 0 Å². The summed E-state index contributed by atoms with van der Waals surface area (Å²) in [5.74, 6) is 0. The molecular weight excluding hydrogens is 311 g/mol. The molecule has 0 amide bonds. The largest absolute Gasteiger partial charge is 0.334 e. The van der Waals surface area contributed by atoms with E-state index in [0.29, 0.717) is 13.2 Å². The second kappa shape index (κ2) is 8.69. The van der Waals surface area contributed by atoms with Gasteiger partial charge in [-0.3, -0.25) is 0 Å². The summed E-state index contributed by atoms with van der Waals surface area (Å²) in [5.41, 5.74) is 3.69. The molecule has 22 heavy (non-hydrogen) atoms. The minimum atomic E-state index is -1.05. The lowest BCUT2D eigenvalue weighted by molar-refractivity contribution is 0.265. The minimum Gasteiger partial charge on any atom is -0.334 e. The van der Waals surface area contributed by atoms with Crippen LogP contribution in [-0.4, -0.2) is 13.2 Å². The van der Waals surface area contributed by atoms with E-state index in [1.807, 2.05) is 32.0 Å². The zero-order valence-electron chi connectivity index (χ0n) is 13.3. The van der Waals surface area contributed by atoms with E-state index in [0.717, 1.165) is 10.5 Å². The van der Waals surface area contributed by atoms with E-state index in [2.05, 4.69) is 49.9 Å². The molecule has 0 aliphatic rings. The number of rotatable bonds is 7. The molecule has 0 bridgehead atoms. The van der Waals surface area contributed by atoms with Gasteiger partial charge in [-0.25, -0.2) is 0 Å². The summed E-state index contributed by atoms with van der Waals surface area (Å²) >= 11 is 4.64. The summed E-state index contributed by atoms with van der Waals surface area (Å²) < 4.78 is 11.9. The highest BCUT2D eigenvalue weighted by Crippen LogP contribution is 2.57. The van der Waals surface area contributed by atoms with Crippen LogP contribution in [-0.2, 0) is 9.05 Å². The van der Waals surface area contributed by atoms with Gasteiger partial charge in [-0.2, -0.15) is 0 Å². The third-order valence-corrected chi connectivity index (χ3v) is 5.78. The molecule has 0 aromatic heterocycles. The topological polar surface area (TPSA) is 18.5 Å². The van der Waals surface area contributed by atoms with Gasteiger partial charge in [-0.05, 0) is 38.0 Å². The normalized spacial score (nSPS) is 12.6. The third-order valence-electron chi connectivity index (χ3n) is 3.35. The number of benzene rings is 2. The molecule has 2 aromatic rings. The molecule has 1 unspecified atom stereocenters. The Morgan fingerprint density at radius 2 is 1.55 bits per heavy atom. The molecule has 1 atom stereocenters. The van der Waals surface area contributed by atoms with Gasteiger partial charge in [0.1, 0.15) is 0 Å². The van der Waals surface area contributed by atoms with Crippen molar-refractivity contribution in [2.75, 3.05) is 13.2 Å². The van der Waals surface area contributed by atoms with Crippen molar-refractivity contribution in [1.82, 2.24) is 0 Å². The number of hydrogen-bond donors (Lipinski definition) is 1. The van der Waals surface area contributed by atoms with Crippen LogP contribution in [0, 0.1) is 6.92 Å². The Kier molecular flexibility index (Phi) is 6.91. The molecule has 0 fully saturated rings. The van der Waals surface area contributed by atoms with Crippen molar-refractivity contribution in [2.24, 2.45) is 0 Å². The number of thiol groups is 1. The molecule has 0 heterocycles. The molecule has 0 spiro atoms. The Hall–Kier alpha value is -0.860. The third kappa shape index (κ3) is 4.33. The van der Waals surface area contributed by atoms with Gasteiger partial charge in [0.2, 0.25) is 0 Å². The van der Waals surface area contributed by atoms with E-state index < -0.39 is 8.38 Å². The lowest BCUT2D eigenvalue weighted by Crippen LogP contribution is -2.05. The maximum Gasteiger partial charge on any atom is 0.183 e. The van der Waals surface area contributed by atoms with Crippen molar-refractivity contribution in [2.45, 2.75) is 31.3 Å². The Labute approximate surface area is 140 Å². The predicted octanol–water partition coefficient (Wildman–Crippen LogP) is 5.76. The second-order valence-corrected chi connectivity index (χ2v) is 7.08. The van der Waals surface area contributed by atoms with Crippen molar-refractivity contribution >= 4 is 21.0 Å². The first-order valence-corrected chi connectivity index (χ1v) is 9.26. The average Bonchev–Trinajstić information content (AvgIpc) is 2.52. The van der Waals surface area contributed by atoms with Crippen molar-refractivity contribution in [3.05, 3.63) is 65.2 Å². The summed E-state index contributed by atoms with van der Waals surface area (Å²) in [7, 11) is -1.05. The van der Waals surface area contributed by atoms with Crippen LogP contribution in [0.2, 0.25) is 0 Å². The zero-order chi connectivity index (χ0) is 15.9. The molecule has 2 nitrogen and oxygen atoms in total. The Morgan fingerprint density at radius 1 is 0.955 bits per heavy atom. The van der Waals surface area contributed by atoms with Crippen molar-refractivity contribution in [1.29, 1.82) is 0 Å². The van der Waals surface area contributed by atoms with Gasteiger partial charge in [-0.15, -0.1) is 12.6 Å². The van der Waals surface area contributed by atoms with Crippen LogP contribution >= 0.6 is 21.0 Å². The highest BCUT2D eigenvalue weighted by Gasteiger charge is 2.28. The Morgan fingerprint density at radius 3 is 2.09 bits per heavy atom. The molecule has 2 aromatic carbocycles. The van der Waals surface area contributed by atoms with E-state index in [1.165, 1.54) is 11.1 Å². The smallest absolute Gasteiger partial charge is 0.183 e. The molecular formula is C18H23O2PS. The SMILES string of the molecule is CCOP(OCC)C(c1ccc(C)cc1)c1ccccc1S. The number of hydrogen-bond acceptors (Lipinski definition) is 3. The molecule has 0 aliphatic heterocycles. The maximum absolute atomic E-state index is 5.95. The minimum absolute atomic E-state index is 0.0733. The van der Waals surface area contributed by atoms with Crippen molar-refractivity contribution < 1.29 is 9.05 Å². The first-order chi connectivity index (χ1) is 10.7. The van der Waals surface area contributed by atoms with E-state index in [-0.39, 0.29) is 5.66 Å². The summed E-state index contributed by atoms with van der Waals surface area (Å²) in [6.07, 6.45) is 0. The lowest BCUT2D eigenvalue weighted by atomic mass is 10.0.